The van der Waals surface area contributed by atoms with Gasteiger partial charge in [-0.25, -0.2) is 0 Å². The number of carbonyl (C=O) groups excluding carboxylic acids is 2. The van der Waals surface area contributed by atoms with Crippen molar-refractivity contribution in [1.82, 2.24) is 10.2 Å². The van der Waals surface area contributed by atoms with Gasteiger partial charge < -0.3 is 15.5 Å². The monoisotopic (exact) mass is 311 g/mol. The second-order valence-electron chi connectivity index (χ2n) is 5.20. The molecule has 1 aromatic rings. The van der Waals surface area contributed by atoms with Gasteiger partial charge in [0.05, 0.1) is 0 Å². The van der Waals surface area contributed by atoms with Gasteiger partial charge in [-0.3, -0.25) is 9.59 Å². The van der Waals surface area contributed by atoms with Crippen LogP contribution < -0.4 is 10.6 Å². The van der Waals surface area contributed by atoms with Crippen molar-refractivity contribution in [3.05, 3.63) is 28.8 Å². The maximum absolute atomic E-state index is 11.7. The lowest BCUT2D eigenvalue weighted by Crippen LogP contribution is -2.30. The number of nitrogens with zero attached hydrogens (tertiary/aromatic N) is 1. The molecule has 0 spiro atoms. The fraction of sp³-hybridized carbons (Fsp3) is 0.467. The Morgan fingerprint density at radius 2 is 1.95 bits per heavy atom. The third-order valence-corrected chi connectivity index (χ3v) is 3.29. The van der Waals surface area contributed by atoms with Crippen LogP contribution in [0.4, 0.5) is 5.69 Å². The van der Waals surface area contributed by atoms with Crippen LogP contribution >= 0.6 is 11.6 Å². The lowest BCUT2D eigenvalue weighted by Gasteiger charge is -2.10. The van der Waals surface area contributed by atoms with E-state index in [4.69, 9.17) is 11.6 Å². The van der Waals surface area contributed by atoms with Crippen LogP contribution in [0.1, 0.15) is 18.4 Å². The molecule has 0 bridgehead atoms. The number of nitrogens with one attached hydrogen (secondary N) is 2. The van der Waals surface area contributed by atoms with Gasteiger partial charge in [0.15, 0.2) is 0 Å². The van der Waals surface area contributed by atoms with Crippen LogP contribution in [0.3, 0.4) is 0 Å². The number of benzene rings is 1. The summed E-state index contributed by atoms with van der Waals surface area (Å²) in [6, 6.07) is 5.25. The molecule has 0 unspecified atom stereocenters. The number of carbonyl (C=O) groups is 2. The molecule has 2 N–H and O–H groups in total. The van der Waals surface area contributed by atoms with Crippen LogP contribution in [0.15, 0.2) is 18.2 Å². The molecule has 21 heavy (non-hydrogen) atoms. The number of amides is 2. The van der Waals surface area contributed by atoms with Crippen LogP contribution in [0, 0.1) is 6.92 Å². The fourth-order valence-corrected chi connectivity index (χ4v) is 1.89. The molecule has 0 heterocycles. The van der Waals surface area contributed by atoms with Crippen molar-refractivity contribution in [2.75, 3.05) is 32.5 Å². The number of rotatable bonds is 7. The average Bonchev–Trinajstić information content (AvgIpc) is 2.38. The molecule has 0 aromatic heterocycles. The van der Waals surface area contributed by atoms with E-state index < -0.39 is 0 Å². The van der Waals surface area contributed by atoms with Gasteiger partial charge in [0.25, 0.3) is 0 Å². The van der Waals surface area contributed by atoms with E-state index in [9.17, 15) is 9.59 Å². The van der Waals surface area contributed by atoms with E-state index in [2.05, 4.69) is 10.6 Å². The van der Waals surface area contributed by atoms with Crippen molar-refractivity contribution in [2.45, 2.75) is 19.8 Å². The molecule has 2 amide bonds. The summed E-state index contributed by atoms with van der Waals surface area (Å²) in [7, 11) is 3.95. The summed E-state index contributed by atoms with van der Waals surface area (Å²) in [4.78, 5) is 25.4. The van der Waals surface area contributed by atoms with Crippen LogP contribution in [0.25, 0.3) is 0 Å². The zero-order valence-electron chi connectivity index (χ0n) is 12.7. The second kappa shape index (κ2) is 8.64. The van der Waals surface area contributed by atoms with Gasteiger partial charge in [-0.05, 0) is 51.7 Å². The summed E-state index contributed by atoms with van der Waals surface area (Å²) in [5.74, 6) is -0.621. The molecule has 0 fully saturated rings. The average molecular weight is 312 g/mol. The highest BCUT2D eigenvalue weighted by atomic mass is 35.5. The van der Waals surface area contributed by atoms with E-state index in [0.717, 1.165) is 18.5 Å². The molecule has 5 nitrogen and oxygen atoms in total. The Bertz CT molecular complexity index is 504. The van der Waals surface area contributed by atoms with Crippen molar-refractivity contribution in [2.24, 2.45) is 0 Å². The molecule has 0 saturated carbocycles. The fourth-order valence-electron chi connectivity index (χ4n) is 1.71. The summed E-state index contributed by atoms with van der Waals surface area (Å²) in [5, 5.41) is 5.96. The predicted octanol–water partition coefficient (Wildman–Crippen LogP) is 2.04. The highest BCUT2D eigenvalue weighted by molar-refractivity contribution is 6.31. The maximum Gasteiger partial charge on any atom is 0.233 e. The summed E-state index contributed by atoms with van der Waals surface area (Å²) in [6.07, 6.45) is 0.668. The van der Waals surface area contributed by atoms with Crippen LogP contribution in [-0.2, 0) is 9.59 Å². The van der Waals surface area contributed by atoms with E-state index >= 15 is 0 Å². The summed E-state index contributed by atoms with van der Waals surface area (Å²) >= 11 is 5.98. The topological polar surface area (TPSA) is 61.4 Å². The lowest BCUT2D eigenvalue weighted by atomic mass is 10.2. The van der Waals surface area contributed by atoms with Crippen molar-refractivity contribution >= 4 is 29.1 Å². The number of aryl methyl sites for hydroxylation is 1. The first-order valence-electron chi connectivity index (χ1n) is 6.86. The molecule has 0 radical (unpaired) electrons. The molecule has 1 rings (SSSR count). The molecule has 0 atom stereocenters. The molecular formula is C15H22ClN3O2. The smallest absolute Gasteiger partial charge is 0.233 e. The predicted molar refractivity (Wildman–Crippen MR) is 85.6 cm³/mol. The highest BCUT2D eigenvalue weighted by Gasteiger charge is 2.09. The standard InChI is InChI=1S/C15H22ClN3O2/c1-11-5-6-12(9-13(11)16)18-15(21)10-14(20)17-7-4-8-19(2)3/h5-6,9H,4,7-8,10H2,1-3H3,(H,17,20)(H,18,21). The first-order chi connectivity index (χ1) is 9.88. The minimum Gasteiger partial charge on any atom is -0.356 e. The van der Waals surface area contributed by atoms with E-state index in [0.29, 0.717) is 17.3 Å². The van der Waals surface area contributed by atoms with Gasteiger partial charge in [-0.1, -0.05) is 17.7 Å². The number of halogens is 1. The molecule has 0 aliphatic rings. The van der Waals surface area contributed by atoms with E-state index in [1.807, 2.05) is 32.0 Å². The number of anilines is 1. The first-order valence-corrected chi connectivity index (χ1v) is 7.23. The van der Waals surface area contributed by atoms with Crippen molar-refractivity contribution in [1.29, 1.82) is 0 Å². The van der Waals surface area contributed by atoms with Crippen molar-refractivity contribution < 1.29 is 9.59 Å². The van der Waals surface area contributed by atoms with Gasteiger partial charge in [0, 0.05) is 17.3 Å². The molecule has 0 saturated heterocycles. The van der Waals surface area contributed by atoms with Gasteiger partial charge in [-0.15, -0.1) is 0 Å². The van der Waals surface area contributed by atoms with Gasteiger partial charge in [-0.2, -0.15) is 0 Å². The molecule has 0 aliphatic heterocycles. The molecule has 1 aromatic carbocycles. The third-order valence-electron chi connectivity index (χ3n) is 2.88. The Hall–Kier alpha value is -1.59. The highest BCUT2D eigenvalue weighted by Crippen LogP contribution is 2.19. The Balaban J connectivity index is 2.32. The molecule has 0 aliphatic carbocycles. The lowest BCUT2D eigenvalue weighted by molar-refractivity contribution is -0.126. The Morgan fingerprint density at radius 1 is 1.24 bits per heavy atom. The summed E-state index contributed by atoms with van der Waals surface area (Å²) in [6.45, 7) is 3.35. The minimum atomic E-state index is -0.347. The normalized spacial score (nSPS) is 10.5. The zero-order chi connectivity index (χ0) is 15.8. The van der Waals surface area contributed by atoms with Gasteiger partial charge in [0.2, 0.25) is 11.8 Å². The third kappa shape index (κ3) is 7.11. The van der Waals surface area contributed by atoms with Crippen LogP contribution in [0.5, 0.6) is 0 Å². The zero-order valence-corrected chi connectivity index (χ0v) is 13.5. The van der Waals surface area contributed by atoms with Gasteiger partial charge >= 0.3 is 0 Å². The Kier molecular flexibility index (Phi) is 7.19. The quantitative estimate of drug-likeness (QED) is 0.598. The summed E-state index contributed by atoms with van der Waals surface area (Å²) < 4.78 is 0. The Labute approximate surface area is 130 Å². The second-order valence-corrected chi connectivity index (χ2v) is 5.60. The van der Waals surface area contributed by atoms with E-state index in [1.54, 1.807) is 12.1 Å². The first kappa shape index (κ1) is 17.5. The molecule has 116 valence electrons. The van der Waals surface area contributed by atoms with Crippen molar-refractivity contribution in [3.8, 4) is 0 Å². The largest absolute Gasteiger partial charge is 0.356 e. The van der Waals surface area contributed by atoms with Crippen LogP contribution in [0.2, 0.25) is 5.02 Å². The molecular weight excluding hydrogens is 290 g/mol. The molecule has 6 heteroatoms. The number of hydrogen-bond donors (Lipinski definition) is 2. The van der Waals surface area contributed by atoms with Crippen molar-refractivity contribution in [3.63, 3.8) is 0 Å². The maximum atomic E-state index is 11.7. The van der Waals surface area contributed by atoms with Crippen LogP contribution in [-0.4, -0.2) is 43.9 Å². The van der Waals surface area contributed by atoms with E-state index in [1.165, 1.54) is 0 Å². The minimum absolute atomic E-state index is 0.187. The van der Waals surface area contributed by atoms with E-state index in [-0.39, 0.29) is 18.2 Å². The van der Waals surface area contributed by atoms with Gasteiger partial charge in [0.1, 0.15) is 6.42 Å². The Morgan fingerprint density at radius 3 is 2.57 bits per heavy atom. The summed E-state index contributed by atoms with van der Waals surface area (Å²) in [5.41, 5.74) is 1.53. The number of hydrogen-bond acceptors (Lipinski definition) is 3. The SMILES string of the molecule is Cc1ccc(NC(=O)CC(=O)NCCCN(C)C)cc1Cl.